The molecule has 0 fully saturated rings. The first kappa shape index (κ1) is 11.7. The van der Waals surface area contributed by atoms with Gasteiger partial charge < -0.3 is 20.5 Å². The van der Waals surface area contributed by atoms with Gasteiger partial charge >= 0.3 is 0 Å². The van der Waals surface area contributed by atoms with E-state index < -0.39 is 0 Å². The van der Waals surface area contributed by atoms with Crippen LogP contribution in [0.1, 0.15) is 17.3 Å². The fraction of sp³-hybridized carbons (Fsp3) is 0.273. The van der Waals surface area contributed by atoms with E-state index in [2.05, 4.69) is 5.32 Å². The van der Waals surface area contributed by atoms with E-state index in [0.29, 0.717) is 17.1 Å². The van der Waals surface area contributed by atoms with E-state index in [1.165, 1.54) is 0 Å². The molecule has 1 aromatic carbocycles. The number of hydrogen-bond acceptors (Lipinski definition) is 4. The third-order valence-corrected chi connectivity index (χ3v) is 2.76. The van der Waals surface area contributed by atoms with Crippen molar-refractivity contribution in [1.82, 2.24) is 5.32 Å². The van der Waals surface area contributed by atoms with Crippen LogP contribution in [0.3, 0.4) is 0 Å². The maximum Gasteiger partial charge on any atom is 0.251 e. The molecule has 2 rings (SSSR count). The molecule has 1 heterocycles. The van der Waals surface area contributed by atoms with Crippen LogP contribution >= 0.6 is 12.2 Å². The summed E-state index contributed by atoms with van der Waals surface area (Å²) in [6.07, 6.45) is 0. The standard InChI is InChI=1S/C11H12N2O3S/c1-6(10(12)17)13-11(14)7-2-3-8-9(4-7)16-5-15-8/h2-4,6H,5H2,1H3,(H2,12,17)(H,13,14). The number of carbonyl (C=O) groups excluding carboxylic acids is 1. The Morgan fingerprint density at radius 3 is 2.88 bits per heavy atom. The highest BCUT2D eigenvalue weighted by Crippen LogP contribution is 2.32. The fourth-order valence-electron chi connectivity index (χ4n) is 1.39. The van der Waals surface area contributed by atoms with Crippen molar-refractivity contribution in [3.63, 3.8) is 0 Å². The Morgan fingerprint density at radius 1 is 1.47 bits per heavy atom. The highest BCUT2D eigenvalue weighted by atomic mass is 32.1. The van der Waals surface area contributed by atoms with Crippen molar-refractivity contribution < 1.29 is 14.3 Å². The summed E-state index contributed by atoms with van der Waals surface area (Å²) in [4.78, 5) is 12.1. The summed E-state index contributed by atoms with van der Waals surface area (Å²) >= 11 is 4.78. The van der Waals surface area contributed by atoms with Crippen molar-refractivity contribution >= 4 is 23.1 Å². The molecular formula is C11H12N2O3S. The number of thiocarbonyl (C=S) groups is 1. The number of fused-ring (bicyclic) bond motifs is 1. The molecular weight excluding hydrogens is 240 g/mol. The molecule has 0 saturated carbocycles. The maximum absolute atomic E-state index is 11.8. The van der Waals surface area contributed by atoms with Crippen LogP contribution in [0.5, 0.6) is 11.5 Å². The molecule has 1 aliphatic rings. The fourth-order valence-corrected chi connectivity index (χ4v) is 1.45. The number of nitrogens with two attached hydrogens (primary N) is 1. The average Bonchev–Trinajstić information content (AvgIpc) is 2.75. The van der Waals surface area contributed by atoms with E-state index in [1.54, 1.807) is 25.1 Å². The second-order valence-corrected chi connectivity index (χ2v) is 4.14. The number of hydrogen-bond donors (Lipinski definition) is 2. The third kappa shape index (κ3) is 2.47. The number of benzene rings is 1. The Kier molecular flexibility index (Phi) is 3.14. The lowest BCUT2D eigenvalue weighted by molar-refractivity contribution is 0.0949. The first-order valence-corrected chi connectivity index (χ1v) is 5.48. The first-order chi connectivity index (χ1) is 8.08. The zero-order chi connectivity index (χ0) is 12.4. The second kappa shape index (κ2) is 4.58. The molecule has 0 radical (unpaired) electrons. The summed E-state index contributed by atoms with van der Waals surface area (Å²) < 4.78 is 10.3. The van der Waals surface area contributed by atoms with Crippen LogP contribution in [0.2, 0.25) is 0 Å². The lowest BCUT2D eigenvalue weighted by atomic mass is 10.2. The van der Waals surface area contributed by atoms with E-state index in [0.717, 1.165) is 0 Å². The molecule has 0 aliphatic carbocycles. The van der Waals surface area contributed by atoms with Crippen LogP contribution in [-0.2, 0) is 0 Å². The predicted octanol–water partition coefficient (Wildman–Crippen LogP) is 0.820. The van der Waals surface area contributed by atoms with Gasteiger partial charge in [-0.1, -0.05) is 12.2 Å². The molecule has 1 atom stereocenters. The monoisotopic (exact) mass is 252 g/mol. The molecule has 1 unspecified atom stereocenters. The summed E-state index contributed by atoms with van der Waals surface area (Å²) in [5.74, 6) is 0.966. The maximum atomic E-state index is 11.8. The van der Waals surface area contributed by atoms with Crippen LogP contribution in [-0.4, -0.2) is 23.7 Å². The van der Waals surface area contributed by atoms with E-state index in [1.807, 2.05) is 0 Å². The molecule has 5 nitrogen and oxygen atoms in total. The molecule has 0 saturated heterocycles. The minimum absolute atomic E-state index is 0.184. The van der Waals surface area contributed by atoms with Gasteiger partial charge in [0.15, 0.2) is 11.5 Å². The van der Waals surface area contributed by atoms with Crippen molar-refractivity contribution in [3.8, 4) is 11.5 Å². The van der Waals surface area contributed by atoms with Crippen LogP contribution < -0.4 is 20.5 Å². The summed E-state index contributed by atoms with van der Waals surface area (Å²) in [6, 6.07) is 4.64. The highest BCUT2D eigenvalue weighted by molar-refractivity contribution is 7.80. The molecule has 17 heavy (non-hydrogen) atoms. The third-order valence-electron chi connectivity index (χ3n) is 2.41. The van der Waals surface area contributed by atoms with E-state index in [9.17, 15) is 4.79 Å². The smallest absolute Gasteiger partial charge is 0.251 e. The minimum Gasteiger partial charge on any atom is -0.454 e. The molecule has 6 heteroatoms. The Bertz CT molecular complexity index is 476. The van der Waals surface area contributed by atoms with Crippen molar-refractivity contribution in [2.75, 3.05) is 6.79 Å². The van der Waals surface area contributed by atoms with E-state index in [4.69, 9.17) is 27.4 Å². The summed E-state index contributed by atoms with van der Waals surface area (Å²) in [6.45, 7) is 1.91. The van der Waals surface area contributed by atoms with Gasteiger partial charge in [0, 0.05) is 5.56 Å². The van der Waals surface area contributed by atoms with Crippen LogP contribution in [0, 0.1) is 0 Å². The molecule has 1 aromatic rings. The van der Waals surface area contributed by atoms with Crippen molar-refractivity contribution in [3.05, 3.63) is 23.8 Å². The summed E-state index contributed by atoms with van der Waals surface area (Å²) in [5.41, 5.74) is 5.91. The number of ether oxygens (including phenoxy) is 2. The van der Waals surface area contributed by atoms with Crippen LogP contribution in [0.15, 0.2) is 18.2 Å². The van der Waals surface area contributed by atoms with Crippen molar-refractivity contribution in [2.45, 2.75) is 13.0 Å². The Balaban J connectivity index is 2.12. The molecule has 90 valence electrons. The number of rotatable bonds is 3. The number of carbonyl (C=O) groups is 1. The van der Waals surface area contributed by atoms with E-state index >= 15 is 0 Å². The Labute approximate surface area is 104 Å². The number of nitrogens with one attached hydrogen (secondary N) is 1. The van der Waals surface area contributed by atoms with Gasteiger partial charge in [-0.2, -0.15) is 0 Å². The molecule has 3 N–H and O–H groups in total. The van der Waals surface area contributed by atoms with Crippen LogP contribution in [0.25, 0.3) is 0 Å². The largest absolute Gasteiger partial charge is 0.454 e. The number of amides is 1. The van der Waals surface area contributed by atoms with Gasteiger partial charge in [-0.05, 0) is 25.1 Å². The zero-order valence-electron chi connectivity index (χ0n) is 9.23. The Morgan fingerprint density at radius 2 is 2.18 bits per heavy atom. The van der Waals surface area contributed by atoms with Gasteiger partial charge in [-0.15, -0.1) is 0 Å². The molecule has 0 bridgehead atoms. The lowest BCUT2D eigenvalue weighted by Gasteiger charge is -2.12. The second-order valence-electron chi connectivity index (χ2n) is 3.67. The summed E-state index contributed by atoms with van der Waals surface area (Å²) in [7, 11) is 0. The SMILES string of the molecule is CC(NC(=O)c1ccc2c(c1)OCO2)C(N)=S. The normalized spacial score (nSPS) is 14.2. The van der Waals surface area contributed by atoms with Gasteiger partial charge in [0.2, 0.25) is 6.79 Å². The van der Waals surface area contributed by atoms with Gasteiger partial charge in [0.1, 0.15) is 0 Å². The minimum atomic E-state index is -0.345. The average molecular weight is 252 g/mol. The molecule has 1 amide bonds. The van der Waals surface area contributed by atoms with Crippen molar-refractivity contribution in [2.24, 2.45) is 5.73 Å². The van der Waals surface area contributed by atoms with Gasteiger partial charge in [-0.3, -0.25) is 4.79 Å². The summed E-state index contributed by atoms with van der Waals surface area (Å²) in [5, 5.41) is 2.69. The van der Waals surface area contributed by atoms with Gasteiger partial charge in [0.05, 0.1) is 11.0 Å². The Hall–Kier alpha value is -1.82. The topological polar surface area (TPSA) is 73.6 Å². The highest BCUT2D eigenvalue weighted by Gasteiger charge is 2.17. The van der Waals surface area contributed by atoms with Gasteiger partial charge in [-0.25, -0.2) is 0 Å². The molecule has 0 aromatic heterocycles. The first-order valence-electron chi connectivity index (χ1n) is 5.08. The van der Waals surface area contributed by atoms with Crippen molar-refractivity contribution in [1.29, 1.82) is 0 Å². The van der Waals surface area contributed by atoms with E-state index in [-0.39, 0.29) is 23.7 Å². The zero-order valence-corrected chi connectivity index (χ0v) is 10.0. The molecule has 1 aliphatic heterocycles. The lowest BCUT2D eigenvalue weighted by Crippen LogP contribution is -2.41. The quantitative estimate of drug-likeness (QED) is 0.779. The molecule has 0 spiro atoms. The van der Waals surface area contributed by atoms with Gasteiger partial charge in [0.25, 0.3) is 5.91 Å². The predicted molar refractivity (Wildman–Crippen MR) is 66.3 cm³/mol. The van der Waals surface area contributed by atoms with Crippen LogP contribution in [0.4, 0.5) is 0 Å².